The molecule has 86 valence electrons. The second-order valence-electron chi connectivity index (χ2n) is 3.69. The molecule has 4 nitrogen and oxygen atoms in total. The molecule has 2 heterocycles. The molecule has 17 heavy (non-hydrogen) atoms. The largest absolute Gasteiger partial charge is 0.420 e. The van der Waals surface area contributed by atoms with E-state index in [0.717, 1.165) is 4.88 Å². The zero-order valence-electron chi connectivity index (χ0n) is 9.09. The molecule has 5 heteroatoms. The van der Waals surface area contributed by atoms with E-state index in [1.807, 2.05) is 12.1 Å². The van der Waals surface area contributed by atoms with Crippen LogP contribution in [0.1, 0.15) is 5.89 Å². The number of hydrogen-bond acceptors (Lipinski definition) is 5. The number of benzene rings is 1. The van der Waals surface area contributed by atoms with Gasteiger partial charge in [0.2, 0.25) is 5.89 Å². The van der Waals surface area contributed by atoms with Crippen molar-refractivity contribution in [2.45, 2.75) is 6.42 Å². The lowest BCUT2D eigenvalue weighted by Crippen LogP contribution is -2.02. The Morgan fingerprint density at radius 1 is 1.24 bits per heavy atom. The third kappa shape index (κ3) is 1.94. The van der Waals surface area contributed by atoms with Crippen LogP contribution in [0.5, 0.6) is 0 Å². The summed E-state index contributed by atoms with van der Waals surface area (Å²) in [4.78, 5) is 1.00. The number of thiophene rings is 1. The first-order chi connectivity index (χ1) is 8.36. The Labute approximate surface area is 102 Å². The minimum Gasteiger partial charge on any atom is -0.420 e. The minimum atomic E-state index is 0.522. The molecule has 0 radical (unpaired) electrons. The third-order valence-electron chi connectivity index (χ3n) is 2.46. The summed E-state index contributed by atoms with van der Waals surface area (Å²) in [5.74, 6) is 1.18. The molecule has 0 aliphatic carbocycles. The van der Waals surface area contributed by atoms with E-state index in [-0.39, 0.29) is 0 Å². The van der Waals surface area contributed by atoms with Gasteiger partial charge in [-0.2, -0.15) is 0 Å². The van der Waals surface area contributed by atoms with E-state index in [0.29, 0.717) is 24.7 Å². The van der Waals surface area contributed by atoms with Gasteiger partial charge in [0.05, 0.1) is 4.88 Å². The summed E-state index contributed by atoms with van der Waals surface area (Å²) in [5, 5.41) is 9.20. The van der Waals surface area contributed by atoms with Crippen LogP contribution in [-0.2, 0) is 6.42 Å². The summed E-state index contributed by atoms with van der Waals surface area (Å²) in [5.41, 5.74) is 5.44. The maximum absolute atomic E-state index is 5.55. The number of fused-ring (bicyclic) bond motifs is 1. The highest BCUT2D eigenvalue weighted by atomic mass is 32.1. The van der Waals surface area contributed by atoms with E-state index >= 15 is 0 Å². The van der Waals surface area contributed by atoms with Crippen LogP contribution in [0.3, 0.4) is 0 Å². The summed E-state index contributed by atoms with van der Waals surface area (Å²) in [6.45, 7) is 0.522. The van der Waals surface area contributed by atoms with Gasteiger partial charge in [-0.25, -0.2) is 0 Å². The zero-order chi connectivity index (χ0) is 11.7. The molecule has 3 aromatic rings. The summed E-state index contributed by atoms with van der Waals surface area (Å²) < 4.78 is 6.77. The second-order valence-corrected chi connectivity index (χ2v) is 4.77. The van der Waals surface area contributed by atoms with E-state index in [4.69, 9.17) is 10.2 Å². The monoisotopic (exact) mass is 245 g/mol. The van der Waals surface area contributed by atoms with Crippen molar-refractivity contribution >= 4 is 21.4 Å². The van der Waals surface area contributed by atoms with E-state index in [2.05, 4.69) is 28.4 Å². The highest BCUT2D eigenvalue weighted by Gasteiger charge is 2.11. The first-order valence-electron chi connectivity index (χ1n) is 5.38. The Kier molecular flexibility index (Phi) is 2.62. The quantitative estimate of drug-likeness (QED) is 0.769. The molecular formula is C12H11N3OS. The summed E-state index contributed by atoms with van der Waals surface area (Å²) >= 11 is 1.65. The van der Waals surface area contributed by atoms with E-state index in [1.165, 1.54) is 10.1 Å². The molecule has 0 atom stereocenters. The van der Waals surface area contributed by atoms with Gasteiger partial charge in [0.15, 0.2) is 0 Å². The zero-order valence-corrected chi connectivity index (χ0v) is 9.91. The van der Waals surface area contributed by atoms with Gasteiger partial charge in [0.25, 0.3) is 5.89 Å². The van der Waals surface area contributed by atoms with E-state index < -0.39 is 0 Å². The smallest absolute Gasteiger partial charge is 0.257 e. The highest BCUT2D eigenvalue weighted by Crippen LogP contribution is 2.32. The van der Waals surface area contributed by atoms with Gasteiger partial charge in [0.1, 0.15) is 0 Å². The fraction of sp³-hybridized carbons (Fsp3) is 0.167. The van der Waals surface area contributed by atoms with Crippen LogP contribution in [0.25, 0.3) is 20.9 Å². The van der Waals surface area contributed by atoms with Crippen molar-refractivity contribution in [3.05, 3.63) is 36.2 Å². The molecule has 3 rings (SSSR count). The normalized spacial score (nSPS) is 11.1. The predicted octanol–water partition coefficient (Wildman–Crippen LogP) is 2.45. The van der Waals surface area contributed by atoms with Gasteiger partial charge in [-0.05, 0) is 17.5 Å². The first-order valence-corrected chi connectivity index (χ1v) is 6.20. The van der Waals surface area contributed by atoms with Crippen molar-refractivity contribution in [3.63, 3.8) is 0 Å². The van der Waals surface area contributed by atoms with Crippen LogP contribution in [0.2, 0.25) is 0 Å². The van der Waals surface area contributed by atoms with Crippen molar-refractivity contribution < 1.29 is 4.42 Å². The molecule has 0 saturated heterocycles. The molecular weight excluding hydrogens is 234 g/mol. The maximum atomic E-state index is 5.55. The molecule has 0 spiro atoms. The number of rotatable bonds is 3. The van der Waals surface area contributed by atoms with Crippen molar-refractivity contribution in [1.82, 2.24) is 10.2 Å². The van der Waals surface area contributed by atoms with Crippen molar-refractivity contribution in [2.75, 3.05) is 6.54 Å². The van der Waals surface area contributed by atoms with Gasteiger partial charge in [0, 0.05) is 17.7 Å². The lowest BCUT2D eigenvalue weighted by molar-refractivity contribution is 0.508. The van der Waals surface area contributed by atoms with Crippen LogP contribution >= 0.6 is 11.3 Å². The van der Waals surface area contributed by atoms with Crippen molar-refractivity contribution in [2.24, 2.45) is 5.73 Å². The molecule has 0 amide bonds. The standard InChI is InChI=1S/C12H11N3OS/c13-6-5-11-14-15-12(16-11)10-7-8-3-1-2-4-9(8)17-10/h1-4,7H,5-6,13H2. The van der Waals surface area contributed by atoms with E-state index in [9.17, 15) is 0 Å². The van der Waals surface area contributed by atoms with Crippen LogP contribution in [0.4, 0.5) is 0 Å². The van der Waals surface area contributed by atoms with Gasteiger partial charge in [-0.3, -0.25) is 0 Å². The molecule has 0 saturated carbocycles. The topological polar surface area (TPSA) is 64.9 Å². The predicted molar refractivity (Wildman–Crippen MR) is 67.9 cm³/mol. The van der Waals surface area contributed by atoms with Crippen LogP contribution < -0.4 is 5.73 Å². The number of nitrogens with two attached hydrogens (primary N) is 1. The molecule has 2 N–H and O–H groups in total. The van der Waals surface area contributed by atoms with Crippen molar-refractivity contribution in [1.29, 1.82) is 0 Å². The fourth-order valence-electron chi connectivity index (χ4n) is 1.66. The van der Waals surface area contributed by atoms with Crippen molar-refractivity contribution in [3.8, 4) is 10.8 Å². The molecule has 0 fully saturated rings. The minimum absolute atomic E-state index is 0.522. The molecule has 0 aliphatic heterocycles. The Hall–Kier alpha value is -1.72. The average molecular weight is 245 g/mol. The highest BCUT2D eigenvalue weighted by molar-refractivity contribution is 7.22. The Morgan fingerprint density at radius 2 is 2.12 bits per heavy atom. The fourth-order valence-corrected chi connectivity index (χ4v) is 2.65. The lowest BCUT2D eigenvalue weighted by atomic mass is 10.2. The molecule has 0 bridgehead atoms. The average Bonchev–Trinajstić information content (AvgIpc) is 2.94. The van der Waals surface area contributed by atoms with Gasteiger partial charge in [-0.15, -0.1) is 21.5 Å². The second kappa shape index (κ2) is 4.27. The van der Waals surface area contributed by atoms with E-state index in [1.54, 1.807) is 11.3 Å². The molecule has 2 aromatic heterocycles. The Bertz CT molecular complexity index is 611. The van der Waals surface area contributed by atoms with Crippen LogP contribution in [0.15, 0.2) is 34.7 Å². The Balaban J connectivity index is 2.01. The molecule has 0 unspecified atom stereocenters. The SMILES string of the molecule is NCCc1nnc(-c2cc3ccccc3s2)o1. The van der Waals surface area contributed by atoms with Gasteiger partial charge in [-0.1, -0.05) is 18.2 Å². The number of hydrogen-bond donors (Lipinski definition) is 1. The first kappa shape index (κ1) is 10.4. The molecule has 0 aliphatic rings. The Morgan fingerprint density at radius 3 is 2.94 bits per heavy atom. The van der Waals surface area contributed by atoms with Gasteiger partial charge < -0.3 is 10.2 Å². The van der Waals surface area contributed by atoms with Crippen LogP contribution in [0, 0.1) is 0 Å². The summed E-state index contributed by atoms with van der Waals surface area (Å²) in [6.07, 6.45) is 0.623. The lowest BCUT2D eigenvalue weighted by Gasteiger charge is -1.87. The number of aromatic nitrogens is 2. The number of nitrogens with zero attached hydrogens (tertiary/aromatic N) is 2. The summed E-state index contributed by atoms with van der Waals surface area (Å²) in [7, 11) is 0. The third-order valence-corrected chi connectivity index (χ3v) is 3.57. The van der Waals surface area contributed by atoms with Gasteiger partial charge >= 0.3 is 0 Å². The van der Waals surface area contributed by atoms with Crippen LogP contribution in [-0.4, -0.2) is 16.7 Å². The summed E-state index contributed by atoms with van der Waals surface area (Å²) in [6, 6.07) is 10.3. The maximum Gasteiger partial charge on any atom is 0.257 e. The molecule has 1 aromatic carbocycles.